The van der Waals surface area contributed by atoms with E-state index in [0.29, 0.717) is 6.61 Å². The zero-order valence-electron chi connectivity index (χ0n) is 13.4. The zero-order chi connectivity index (χ0) is 16.0. The third kappa shape index (κ3) is 4.40. The van der Waals surface area contributed by atoms with Crippen molar-refractivity contribution in [2.75, 3.05) is 0 Å². The van der Waals surface area contributed by atoms with E-state index in [2.05, 4.69) is 0 Å². The highest BCUT2D eigenvalue weighted by Crippen LogP contribution is 2.19. The maximum Gasteiger partial charge on any atom is 0.187 e. The molecular weight excluding hydrogens is 272 g/mol. The van der Waals surface area contributed by atoms with Gasteiger partial charge in [-0.15, -0.1) is 0 Å². The van der Waals surface area contributed by atoms with Crippen molar-refractivity contribution < 1.29 is 9.53 Å². The number of carbonyl (C=O) groups excluding carboxylic acids is 1. The third-order valence-electron chi connectivity index (χ3n) is 3.61. The van der Waals surface area contributed by atoms with Gasteiger partial charge in [0.05, 0.1) is 6.61 Å². The van der Waals surface area contributed by atoms with Gasteiger partial charge in [0.2, 0.25) is 0 Å². The molecule has 0 spiro atoms. The summed E-state index contributed by atoms with van der Waals surface area (Å²) in [5.41, 5.74) is 2.22. The molecule has 2 heteroatoms. The van der Waals surface area contributed by atoms with Crippen LogP contribution >= 0.6 is 0 Å². The highest BCUT2D eigenvalue weighted by molar-refractivity contribution is 6.01. The Hall–Kier alpha value is -2.19. The normalized spacial score (nSPS) is 12.2. The SMILES string of the molecule is C/C(=C\C(=O)C(C)(C)OCc1ccccc1)c1ccccc1. The Kier molecular flexibility index (Phi) is 5.29. The molecule has 0 amide bonds. The van der Waals surface area contributed by atoms with Crippen molar-refractivity contribution in [2.45, 2.75) is 33.0 Å². The van der Waals surface area contributed by atoms with Crippen LogP contribution in [-0.4, -0.2) is 11.4 Å². The van der Waals surface area contributed by atoms with E-state index < -0.39 is 5.60 Å². The van der Waals surface area contributed by atoms with Crippen LogP contribution in [0.15, 0.2) is 66.7 Å². The van der Waals surface area contributed by atoms with Crippen molar-refractivity contribution in [3.8, 4) is 0 Å². The van der Waals surface area contributed by atoms with Crippen molar-refractivity contribution in [2.24, 2.45) is 0 Å². The van der Waals surface area contributed by atoms with Crippen LogP contribution in [0.4, 0.5) is 0 Å². The molecule has 0 saturated carbocycles. The van der Waals surface area contributed by atoms with Gasteiger partial charge >= 0.3 is 0 Å². The lowest BCUT2D eigenvalue weighted by Gasteiger charge is -2.22. The van der Waals surface area contributed by atoms with Gasteiger partial charge in [-0.2, -0.15) is 0 Å². The van der Waals surface area contributed by atoms with Crippen molar-refractivity contribution >= 4 is 11.4 Å². The predicted molar refractivity (Wildman–Crippen MR) is 90.4 cm³/mol. The first-order chi connectivity index (χ1) is 10.5. The lowest BCUT2D eigenvalue weighted by Crippen LogP contribution is -2.33. The number of hydrogen-bond donors (Lipinski definition) is 0. The molecule has 0 radical (unpaired) electrons. The first-order valence-electron chi connectivity index (χ1n) is 7.45. The van der Waals surface area contributed by atoms with Crippen LogP contribution < -0.4 is 0 Å². The molecule has 0 aliphatic rings. The monoisotopic (exact) mass is 294 g/mol. The summed E-state index contributed by atoms with van der Waals surface area (Å²) in [5.74, 6) is -0.0233. The van der Waals surface area contributed by atoms with E-state index >= 15 is 0 Å². The Morgan fingerprint density at radius 2 is 1.55 bits per heavy atom. The largest absolute Gasteiger partial charge is 0.363 e. The molecule has 114 valence electrons. The highest BCUT2D eigenvalue weighted by atomic mass is 16.5. The number of hydrogen-bond acceptors (Lipinski definition) is 2. The smallest absolute Gasteiger partial charge is 0.187 e. The minimum atomic E-state index is -0.841. The molecule has 0 atom stereocenters. The Balaban J connectivity index is 2.04. The Morgan fingerprint density at radius 1 is 1.00 bits per heavy atom. The molecule has 0 saturated heterocycles. The molecule has 0 aliphatic carbocycles. The van der Waals surface area contributed by atoms with Gasteiger partial charge in [0, 0.05) is 0 Å². The van der Waals surface area contributed by atoms with Gasteiger partial charge < -0.3 is 4.74 Å². The van der Waals surface area contributed by atoms with Gasteiger partial charge in [0.15, 0.2) is 5.78 Å². The third-order valence-corrected chi connectivity index (χ3v) is 3.61. The van der Waals surface area contributed by atoms with Crippen LogP contribution in [0.5, 0.6) is 0 Å². The Labute approximate surface area is 132 Å². The molecule has 0 fully saturated rings. The number of carbonyl (C=O) groups is 1. The Morgan fingerprint density at radius 3 is 2.14 bits per heavy atom. The second kappa shape index (κ2) is 7.19. The van der Waals surface area contributed by atoms with E-state index in [-0.39, 0.29) is 5.78 Å². The predicted octanol–water partition coefficient (Wildman–Crippen LogP) is 4.65. The fourth-order valence-corrected chi connectivity index (χ4v) is 2.06. The van der Waals surface area contributed by atoms with Crippen LogP contribution in [0.2, 0.25) is 0 Å². The molecule has 0 bridgehead atoms. The molecule has 2 aromatic rings. The van der Waals surface area contributed by atoms with E-state index in [9.17, 15) is 4.79 Å². The van der Waals surface area contributed by atoms with Gasteiger partial charge in [0.1, 0.15) is 5.60 Å². The summed E-state index contributed by atoms with van der Waals surface area (Å²) in [6.07, 6.45) is 1.67. The number of benzene rings is 2. The molecule has 2 aromatic carbocycles. The minimum Gasteiger partial charge on any atom is -0.363 e. The summed E-state index contributed by atoms with van der Waals surface area (Å²) in [7, 11) is 0. The molecule has 2 rings (SSSR count). The van der Waals surface area contributed by atoms with Gasteiger partial charge in [0.25, 0.3) is 0 Å². The summed E-state index contributed by atoms with van der Waals surface area (Å²) >= 11 is 0. The van der Waals surface area contributed by atoms with Crippen molar-refractivity contribution in [3.63, 3.8) is 0 Å². The van der Waals surface area contributed by atoms with E-state index in [0.717, 1.165) is 16.7 Å². The summed E-state index contributed by atoms with van der Waals surface area (Å²) < 4.78 is 5.82. The van der Waals surface area contributed by atoms with Gasteiger partial charge in [-0.3, -0.25) is 4.79 Å². The Bertz CT molecular complexity index is 640. The molecule has 0 N–H and O–H groups in total. The number of allylic oxidation sites excluding steroid dienone is 1. The van der Waals surface area contributed by atoms with Gasteiger partial charge in [-0.1, -0.05) is 60.7 Å². The van der Waals surface area contributed by atoms with Gasteiger partial charge in [-0.05, 0) is 43.5 Å². The van der Waals surface area contributed by atoms with Crippen molar-refractivity contribution in [3.05, 3.63) is 77.9 Å². The molecule has 22 heavy (non-hydrogen) atoms. The lowest BCUT2D eigenvalue weighted by molar-refractivity contribution is -0.136. The average Bonchev–Trinajstić information content (AvgIpc) is 2.54. The quantitative estimate of drug-likeness (QED) is 0.725. The number of rotatable bonds is 6. The molecule has 0 unspecified atom stereocenters. The van der Waals surface area contributed by atoms with E-state index in [1.54, 1.807) is 6.08 Å². The fourth-order valence-electron chi connectivity index (χ4n) is 2.06. The fraction of sp³-hybridized carbons (Fsp3) is 0.250. The first-order valence-corrected chi connectivity index (χ1v) is 7.45. The van der Waals surface area contributed by atoms with Crippen molar-refractivity contribution in [1.82, 2.24) is 0 Å². The van der Waals surface area contributed by atoms with Crippen molar-refractivity contribution in [1.29, 1.82) is 0 Å². The average molecular weight is 294 g/mol. The van der Waals surface area contributed by atoms with E-state index in [1.165, 1.54) is 0 Å². The lowest BCUT2D eigenvalue weighted by atomic mass is 9.98. The molecule has 0 aromatic heterocycles. The zero-order valence-corrected chi connectivity index (χ0v) is 13.4. The summed E-state index contributed by atoms with van der Waals surface area (Å²) in [6, 6.07) is 19.8. The highest BCUT2D eigenvalue weighted by Gasteiger charge is 2.26. The van der Waals surface area contributed by atoms with E-state index in [1.807, 2.05) is 81.4 Å². The molecule has 2 nitrogen and oxygen atoms in total. The number of ketones is 1. The van der Waals surface area contributed by atoms with Crippen LogP contribution in [0.25, 0.3) is 5.57 Å². The summed E-state index contributed by atoms with van der Waals surface area (Å²) in [6.45, 7) is 6.00. The maximum atomic E-state index is 12.5. The minimum absolute atomic E-state index is 0.0233. The standard InChI is InChI=1S/C20H22O2/c1-16(18-12-8-5-9-13-18)14-19(21)20(2,3)22-15-17-10-6-4-7-11-17/h4-14H,15H2,1-3H3/b16-14+. The molecular formula is C20H22O2. The second-order valence-electron chi connectivity index (χ2n) is 5.84. The van der Waals surface area contributed by atoms with Crippen LogP contribution in [0.3, 0.4) is 0 Å². The van der Waals surface area contributed by atoms with Gasteiger partial charge in [-0.25, -0.2) is 0 Å². The second-order valence-corrected chi connectivity index (χ2v) is 5.84. The summed E-state index contributed by atoms with van der Waals surface area (Å²) in [4.78, 5) is 12.5. The topological polar surface area (TPSA) is 26.3 Å². The molecule has 0 heterocycles. The first kappa shape index (κ1) is 16.2. The van der Waals surface area contributed by atoms with Crippen LogP contribution in [0.1, 0.15) is 31.9 Å². The molecule has 0 aliphatic heterocycles. The van der Waals surface area contributed by atoms with Crippen LogP contribution in [-0.2, 0) is 16.1 Å². The number of ether oxygens (including phenoxy) is 1. The van der Waals surface area contributed by atoms with E-state index in [4.69, 9.17) is 4.74 Å². The summed E-state index contributed by atoms with van der Waals surface area (Å²) in [5, 5.41) is 0. The van der Waals surface area contributed by atoms with Crippen LogP contribution in [0, 0.1) is 0 Å². The maximum absolute atomic E-state index is 12.5.